The fourth-order valence-corrected chi connectivity index (χ4v) is 5.04. The Bertz CT molecular complexity index is 1500. The largest absolute Gasteiger partial charge is 0.444 e. The van der Waals surface area contributed by atoms with Crippen LogP contribution in [0.5, 0.6) is 0 Å². The highest BCUT2D eigenvalue weighted by molar-refractivity contribution is 6.18. The van der Waals surface area contributed by atoms with Crippen molar-refractivity contribution in [3.63, 3.8) is 0 Å². The lowest BCUT2D eigenvalue weighted by atomic mass is 9.89. The number of likely N-dealkylation sites (tertiary alicyclic amines) is 1. The number of nitrogens with two attached hydrogens (primary N) is 1. The van der Waals surface area contributed by atoms with Crippen molar-refractivity contribution in [2.45, 2.75) is 52.4 Å². The number of carbonyl (C=O) groups is 2. The van der Waals surface area contributed by atoms with Gasteiger partial charge in [0.15, 0.2) is 0 Å². The second-order valence-corrected chi connectivity index (χ2v) is 10.8. The van der Waals surface area contributed by atoms with Crippen LogP contribution in [0.1, 0.15) is 48.0 Å². The van der Waals surface area contributed by atoms with Crippen LogP contribution in [0.3, 0.4) is 0 Å². The lowest BCUT2D eigenvalue weighted by Gasteiger charge is -2.24. The summed E-state index contributed by atoms with van der Waals surface area (Å²) in [5.74, 6) is -0.553. The molecule has 0 aliphatic carbocycles. The molecule has 0 bridgehead atoms. The molecule has 1 aliphatic rings. The second kappa shape index (κ2) is 11.4. The molecule has 0 spiro atoms. The number of nitrogens with one attached hydrogen (secondary N) is 1. The lowest BCUT2D eigenvalue weighted by molar-refractivity contribution is 0.0281. The molecule has 2 atom stereocenters. The minimum absolute atomic E-state index is 0.00660. The van der Waals surface area contributed by atoms with Gasteiger partial charge in [0.05, 0.1) is 23.8 Å². The summed E-state index contributed by atoms with van der Waals surface area (Å²) in [6.07, 6.45) is 4.47. The molecule has 210 valence electrons. The van der Waals surface area contributed by atoms with Gasteiger partial charge in [-0.15, -0.1) is 0 Å². The molecule has 3 aromatic rings. The standard InChI is InChI=1S/C30H35FN6O3/c1-17-13-23-27(18(2)26(17)19-8-11-34-12-9-19)20(22(33-6)7-10-32)14-24(35-23)28(38)36-25-16-37(15-21(25)31)29(39)40-30(3,4)5/h7-14,21,25H,15-16,32H2,1-6H3,(H,36,38)/t21-,25+/m0/s1. The van der Waals surface area contributed by atoms with Gasteiger partial charge in [-0.05, 0) is 93.4 Å². The molecule has 3 heterocycles. The number of hydrogen-bond acceptors (Lipinski definition) is 7. The highest BCUT2D eigenvalue weighted by Gasteiger charge is 2.38. The first-order valence-corrected chi connectivity index (χ1v) is 13.1. The first kappa shape index (κ1) is 28.7. The zero-order chi connectivity index (χ0) is 29.2. The number of alkyl halides is 1. The maximum atomic E-state index is 14.9. The molecule has 0 saturated carbocycles. The minimum atomic E-state index is -1.45. The van der Waals surface area contributed by atoms with E-state index in [-0.39, 0.29) is 18.8 Å². The summed E-state index contributed by atoms with van der Waals surface area (Å²) < 4.78 is 20.3. The Balaban J connectivity index is 1.74. The van der Waals surface area contributed by atoms with Crippen LogP contribution in [0.25, 0.3) is 22.0 Å². The number of ether oxygens (including phenoxy) is 1. The van der Waals surface area contributed by atoms with Gasteiger partial charge in [0, 0.05) is 36.9 Å². The average molecular weight is 547 g/mol. The Kier molecular flexibility index (Phi) is 8.18. The van der Waals surface area contributed by atoms with Crippen molar-refractivity contribution in [2.75, 3.05) is 20.1 Å². The van der Waals surface area contributed by atoms with E-state index in [2.05, 4.69) is 20.3 Å². The third-order valence-corrected chi connectivity index (χ3v) is 6.73. The molecule has 2 amide bonds. The van der Waals surface area contributed by atoms with E-state index in [0.717, 1.165) is 27.6 Å². The monoisotopic (exact) mass is 546 g/mol. The third-order valence-electron chi connectivity index (χ3n) is 6.73. The molecule has 9 nitrogen and oxygen atoms in total. The number of aryl methyl sites for hydroxylation is 2. The fourth-order valence-electron chi connectivity index (χ4n) is 5.04. The summed E-state index contributed by atoms with van der Waals surface area (Å²) in [7, 11) is 1.64. The van der Waals surface area contributed by atoms with E-state index in [0.29, 0.717) is 16.8 Å². The number of fused-ring (bicyclic) bond motifs is 1. The highest BCUT2D eigenvalue weighted by Crippen LogP contribution is 2.35. The van der Waals surface area contributed by atoms with Gasteiger partial charge in [-0.2, -0.15) is 0 Å². The Morgan fingerprint density at radius 3 is 2.52 bits per heavy atom. The summed E-state index contributed by atoms with van der Waals surface area (Å²) in [5.41, 5.74) is 10.9. The number of hydrogen-bond donors (Lipinski definition) is 2. The van der Waals surface area contributed by atoms with Crippen LogP contribution < -0.4 is 11.1 Å². The van der Waals surface area contributed by atoms with Gasteiger partial charge in [0.1, 0.15) is 17.5 Å². The number of amides is 2. The van der Waals surface area contributed by atoms with Crippen LogP contribution in [0, 0.1) is 13.8 Å². The van der Waals surface area contributed by atoms with E-state index in [1.54, 1.807) is 52.4 Å². The Morgan fingerprint density at radius 1 is 1.20 bits per heavy atom. The van der Waals surface area contributed by atoms with Gasteiger partial charge >= 0.3 is 6.09 Å². The maximum absolute atomic E-state index is 14.9. The molecule has 1 aromatic carbocycles. The van der Waals surface area contributed by atoms with E-state index in [9.17, 15) is 14.0 Å². The van der Waals surface area contributed by atoms with Crippen molar-refractivity contribution in [3.8, 4) is 11.1 Å². The summed E-state index contributed by atoms with van der Waals surface area (Å²) in [5, 5.41) is 3.55. The molecule has 0 radical (unpaired) electrons. The van der Waals surface area contributed by atoms with Crippen LogP contribution in [0.4, 0.5) is 9.18 Å². The number of aliphatic imine (C=N–C) groups is 1. The van der Waals surface area contributed by atoms with Gasteiger partial charge in [-0.1, -0.05) is 0 Å². The number of nitrogens with zero attached hydrogens (tertiary/aromatic N) is 4. The summed E-state index contributed by atoms with van der Waals surface area (Å²) in [6.45, 7) is 9.05. The van der Waals surface area contributed by atoms with Crippen LogP contribution in [0.2, 0.25) is 0 Å². The van der Waals surface area contributed by atoms with E-state index in [1.165, 1.54) is 11.1 Å². The highest BCUT2D eigenvalue weighted by atomic mass is 19.1. The predicted octanol–water partition coefficient (Wildman–Crippen LogP) is 4.49. The molecular weight excluding hydrogens is 511 g/mol. The van der Waals surface area contributed by atoms with Crippen LogP contribution in [-0.4, -0.2) is 70.5 Å². The topological polar surface area (TPSA) is 123 Å². The van der Waals surface area contributed by atoms with Crippen molar-refractivity contribution in [1.29, 1.82) is 0 Å². The van der Waals surface area contributed by atoms with Gasteiger partial charge in [-0.3, -0.25) is 14.8 Å². The number of rotatable bonds is 5. The van der Waals surface area contributed by atoms with Gasteiger partial charge in [0.2, 0.25) is 0 Å². The molecule has 2 aromatic heterocycles. The van der Waals surface area contributed by atoms with Crippen molar-refractivity contribution < 1.29 is 18.7 Å². The number of carbonyl (C=O) groups excluding carboxylic acids is 2. The zero-order valence-corrected chi connectivity index (χ0v) is 23.7. The Labute approximate surface area is 233 Å². The predicted molar refractivity (Wildman–Crippen MR) is 154 cm³/mol. The molecule has 10 heteroatoms. The van der Waals surface area contributed by atoms with Crippen molar-refractivity contribution in [3.05, 3.63) is 71.3 Å². The first-order valence-electron chi connectivity index (χ1n) is 13.1. The molecule has 4 rings (SSSR count). The van der Waals surface area contributed by atoms with E-state index in [4.69, 9.17) is 10.5 Å². The van der Waals surface area contributed by atoms with Crippen LogP contribution >= 0.6 is 0 Å². The third kappa shape index (κ3) is 5.95. The van der Waals surface area contributed by atoms with E-state index < -0.39 is 29.8 Å². The van der Waals surface area contributed by atoms with Crippen molar-refractivity contribution >= 4 is 28.6 Å². The van der Waals surface area contributed by atoms with Crippen molar-refractivity contribution in [1.82, 2.24) is 20.2 Å². The molecule has 1 saturated heterocycles. The van der Waals surface area contributed by atoms with Gasteiger partial charge < -0.3 is 20.7 Å². The number of benzene rings is 1. The summed E-state index contributed by atoms with van der Waals surface area (Å²) >= 11 is 0. The summed E-state index contributed by atoms with van der Waals surface area (Å²) in [6, 6.07) is 6.56. The van der Waals surface area contributed by atoms with E-state index >= 15 is 0 Å². The molecule has 40 heavy (non-hydrogen) atoms. The lowest BCUT2D eigenvalue weighted by Crippen LogP contribution is -2.42. The molecule has 3 N–H and O–H groups in total. The normalized spacial score (nSPS) is 18.0. The number of halogens is 1. The van der Waals surface area contributed by atoms with Crippen molar-refractivity contribution in [2.24, 2.45) is 10.7 Å². The minimum Gasteiger partial charge on any atom is -0.444 e. The SMILES string of the molecule is CN=C(C=CN)c1cc(C(=O)N[C@@H]2CN(C(=O)OC(C)(C)C)C[C@@H]2F)nc2cc(C)c(-c3ccncc3)c(C)c12. The summed E-state index contributed by atoms with van der Waals surface area (Å²) in [4.78, 5) is 40.3. The molecule has 1 aliphatic heterocycles. The molecular formula is C30H35FN6O3. The first-order chi connectivity index (χ1) is 18.9. The number of aromatic nitrogens is 2. The second-order valence-electron chi connectivity index (χ2n) is 10.8. The van der Waals surface area contributed by atoms with Crippen LogP contribution in [-0.2, 0) is 4.74 Å². The van der Waals surface area contributed by atoms with E-state index in [1.807, 2.05) is 32.0 Å². The smallest absolute Gasteiger partial charge is 0.410 e. The zero-order valence-electron chi connectivity index (χ0n) is 23.7. The average Bonchev–Trinajstić information content (AvgIpc) is 3.26. The molecule has 0 unspecified atom stereocenters. The molecule has 1 fully saturated rings. The van der Waals surface area contributed by atoms with Crippen LogP contribution in [0.15, 0.2) is 53.9 Å². The van der Waals surface area contributed by atoms with Gasteiger partial charge in [-0.25, -0.2) is 14.2 Å². The van der Waals surface area contributed by atoms with Gasteiger partial charge in [0.25, 0.3) is 5.91 Å². The number of pyridine rings is 2. The Hall–Kier alpha value is -4.34. The quantitative estimate of drug-likeness (QED) is 0.455. The fraction of sp³-hybridized carbons (Fsp3) is 0.367. The number of allylic oxidation sites excluding steroid dienone is 1. The Morgan fingerprint density at radius 2 is 1.90 bits per heavy atom. The maximum Gasteiger partial charge on any atom is 0.410 e.